The summed E-state index contributed by atoms with van der Waals surface area (Å²) in [5.41, 5.74) is 2.81. The van der Waals surface area contributed by atoms with Crippen molar-refractivity contribution in [2.24, 2.45) is 0 Å². The van der Waals surface area contributed by atoms with Crippen LogP contribution in [0.4, 0.5) is 5.95 Å². The number of hydrogen-bond acceptors (Lipinski definition) is 5. The quantitative estimate of drug-likeness (QED) is 0.861. The van der Waals surface area contributed by atoms with Crippen molar-refractivity contribution in [3.63, 3.8) is 0 Å². The Labute approximate surface area is 129 Å². The Bertz CT molecular complexity index is 717. The standard InChI is InChI=1S/C15H22N6O/c1-10-8-16-13(17-10)9-21-6-4-11-12(5-7-21)18-15(20(2)3)19-14(11)22/h8H,4-7,9H2,1-3H3,(H,16,17)(H,18,19,22). The Morgan fingerprint density at radius 3 is 2.73 bits per heavy atom. The Hall–Kier alpha value is -2.15. The van der Waals surface area contributed by atoms with E-state index in [0.29, 0.717) is 5.95 Å². The van der Waals surface area contributed by atoms with E-state index in [-0.39, 0.29) is 5.56 Å². The third-order valence-corrected chi connectivity index (χ3v) is 3.98. The molecule has 0 spiro atoms. The lowest BCUT2D eigenvalue weighted by atomic mass is 10.1. The number of nitrogens with one attached hydrogen (secondary N) is 2. The zero-order valence-corrected chi connectivity index (χ0v) is 13.3. The molecule has 2 N–H and O–H groups in total. The van der Waals surface area contributed by atoms with Crippen LogP contribution in [0.1, 0.15) is 22.8 Å². The highest BCUT2D eigenvalue weighted by Gasteiger charge is 2.19. The first-order chi connectivity index (χ1) is 10.5. The Morgan fingerprint density at radius 1 is 1.27 bits per heavy atom. The molecule has 2 aromatic rings. The molecular formula is C15H22N6O. The van der Waals surface area contributed by atoms with E-state index in [2.05, 4.69) is 24.8 Å². The number of fused-ring (bicyclic) bond motifs is 1. The van der Waals surface area contributed by atoms with E-state index < -0.39 is 0 Å². The second-order valence-corrected chi connectivity index (χ2v) is 6.00. The lowest BCUT2D eigenvalue weighted by molar-refractivity contribution is 0.272. The first-order valence-corrected chi connectivity index (χ1v) is 7.55. The van der Waals surface area contributed by atoms with Crippen LogP contribution in [-0.2, 0) is 19.4 Å². The minimum absolute atomic E-state index is 0.00982. The first kappa shape index (κ1) is 14.8. The number of anilines is 1. The maximum absolute atomic E-state index is 12.3. The van der Waals surface area contributed by atoms with Crippen LogP contribution in [0.3, 0.4) is 0 Å². The van der Waals surface area contributed by atoms with Crippen LogP contribution in [0.5, 0.6) is 0 Å². The fourth-order valence-electron chi connectivity index (χ4n) is 2.77. The summed E-state index contributed by atoms with van der Waals surface area (Å²) in [6.45, 7) is 4.51. The second-order valence-electron chi connectivity index (χ2n) is 6.00. The molecule has 0 aromatic carbocycles. The number of rotatable bonds is 3. The van der Waals surface area contributed by atoms with Crippen molar-refractivity contribution >= 4 is 5.95 Å². The number of aromatic nitrogens is 4. The molecule has 3 rings (SSSR count). The van der Waals surface area contributed by atoms with Crippen LogP contribution in [0, 0.1) is 6.92 Å². The van der Waals surface area contributed by atoms with Gasteiger partial charge in [0.2, 0.25) is 5.95 Å². The Balaban J connectivity index is 1.77. The van der Waals surface area contributed by atoms with Gasteiger partial charge in [0.1, 0.15) is 5.82 Å². The van der Waals surface area contributed by atoms with Gasteiger partial charge in [0, 0.05) is 51.1 Å². The number of hydrogen-bond donors (Lipinski definition) is 2. The van der Waals surface area contributed by atoms with Gasteiger partial charge in [-0.05, 0) is 13.3 Å². The van der Waals surface area contributed by atoms with Crippen molar-refractivity contribution < 1.29 is 0 Å². The monoisotopic (exact) mass is 302 g/mol. The summed E-state index contributed by atoms with van der Waals surface area (Å²) in [4.78, 5) is 31.5. The Morgan fingerprint density at radius 2 is 2.05 bits per heavy atom. The molecular weight excluding hydrogens is 280 g/mol. The van der Waals surface area contributed by atoms with Crippen LogP contribution in [0.15, 0.2) is 11.0 Å². The predicted octanol–water partition coefficient (Wildman–Crippen LogP) is 0.468. The van der Waals surface area contributed by atoms with Crippen molar-refractivity contribution in [1.29, 1.82) is 0 Å². The number of H-pyrrole nitrogens is 2. The second kappa shape index (κ2) is 5.92. The summed E-state index contributed by atoms with van der Waals surface area (Å²) >= 11 is 0. The lowest BCUT2D eigenvalue weighted by Crippen LogP contribution is -2.27. The fraction of sp³-hybridized carbons (Fsp3) is 0.533. The van der Waals surface area contributed by atoms with E-state index in [0.717, 1.165) is 55.3 Å². The van der Waals surface area contributed by atoms with Crippen molar-refractivity contribution in [3.05, 3.63) is 39.3 Å². The van der Waals surface area contributed by atoms with E-state index >= 15 is 0 Å². The van der Waals surface area contributed by atoms with Gasteiger partial charge in [0.25, 0.3) is 5.56 Å². The SMILES string of the molecule is Cc1cnc(CN2CCc3nc(N(C)C)[nH]c(=O)c3CC2)[nH]1. The fourth-order valence-corrected chi connectivity index (χ4v) is 2.77. The molecule has 0 amide bonds. The van der Waals surface area contributed by atoms with Crippen molar-refractivity contribution in [3.8, 4) is 0 Å². The Kier molecular flexibility index (Phi) is 3.98. The molecule has 0 saturated heterocycles. The highest BCUT2D eigenvalue weighted by molar-refractivity contribution is 5.32. The van der Waals surface area contributed by atoms with Crippen molar-refractivity contribution in [2.45, 2.75) is 26.3 Å². The molecule has 7 nitrogen and oxygen atoms in total. The number of nitrogens with zero attached hydrogens (tertiary/aromatic N) is 4. The van der Waals surface area contributed by atoms with Gasteiger partial charge in [-0.3, -0.25) is 14.7 Å². The summed E-state index contributed by atoms with van der Waals surface area (Å²) in [6.07, 6.45) is 3.36. The van der Waals surface area contributed by atoms with Crippen LogP contribution in [0.25, 0.3) is 0 Å². The molecule has 7 heteroatoms. The van der Waals surface area contributed by atoms with Crippen LogP contribution in [-0.4, -0.2) is 52.0 Å². The van der Waals surface area contributed by atoms with Gasteiger partial charge < -0.3 is 9.88 Å². The molecule has 0 unspecified atom stereocenters. The van der Waals surface area contributed by atoms with E-state index in [1.807, 2.05) is 32.1 Å². The number of imidazole rings is 1. The van der Waals surface area contributed by atoms with Crippen LogP contribution in [0.2, 0.25) is 0 Å². The highest BCUT2D eigenvalue weighted by atomic mass is 16.1. The average molecular weight is 302 g/mol. The van der Waals surface area contributed by atoms with E-state index in [1.54, 1.807) is 0 Å². The van der Waals surface area contributed by atoms with E-state index in [9.17, 15) is 4.79 Å². The maximum atomic E-state index is 12.3. The summed E-state index contributed by atoms with van der Waals surface area (Å²) in [7, 11) is 3.76. The van der Waals surface area contributed by atoms with E-state index in [4.69, 9.17) is 0 Å². The molecule has 1 aliphatic rings. The van der Waals surface area contributed by atoms with E-state index in [1.165, 1.54) is 0 Å². The molecule has 118 valence electrons. The van der Waals surface area contributed by atoms with Gasteiger partial charge in [0.05, 0.1) is 12.2 Å². The minimum atomic E-state index is -0.00982. The highest BCUT2D eigenvalue weighted by Crippen LogP contribution is 2.14. The summed E-state index contributed by atoms with van der Waals surface area (Å²) < 4.78 is 0. The first-order valence-electron chi connectivity index (χ1n) is 7.55. The molecule has 0 radical (unpaired) electrons. The number of aryl methyl sites for hydroxylation is 1. The molecule has 0 aliphatic carbocycles. The summed E-state index contributed by atoms with van der Waals surface area (Å²) in [5, 5.41) is 0. The molecule has 0 saturated carbocycles. The normalized spacial score (nSPS) is 15.4. The van der Waals surface area contributed by atoms with Gasteiger partial charge in [-0.15, -0.1) is 0 Å². The van der Waals surface area contributed by atoms with Gasteiger partial charge in [-0.25, -0.2) is 9.97 Å². The predicted molar refractivity (Wildman–Crippen MR) is 85.2 cm³/mol. The van der Waals surface area contributed by atoms with Gasteiger partial charge in [-0.1, -0.05) is 0 Å². The molecule has 1 aliphatic heterocycles. The van der Waals surface area contributed by atoms with Crippen molar-refractivity contribution in [1.82, 2.24) is 24.8 Å². The third kappa shape index (κ3) is 3.04. The van der Waals surface area contributed by atoms with Crippen molar-refractivity contribution in [2.75, 3.05) is 32.1 Å². The van der Waals surface area contributed by atoms with Crippen LogP contribution >= 0.6 is 0 Å². The molecule has 22 heavy (non-hydrogen) atoms. The average Bonchev–Trinajstić information content (AvgIpc) is 2.76. The van der Waals surface area contributed by atoms with Gasteiger partial charge in [-0.2, -0.15) is 0 Å². The summed E-state index contributed by atoms with van der Waals surface area (Å²) in [6, 6.07) is 0. The molecule has 0 fully saturated rings. The molecule has 0 bridgehead atoms. The molecule has 2 aromatic heterocycles. The third-order valence-electron chi connectivity index (χ3n) is 3.98. The zero-order chi connectivity index (χ0) is 15.7. The number of aromatic amines is 2. The zero-order valence-electron chi connectivity index (χ0n) is 13.3. The summed E-state index contributed by atoms with van der Waals surface area (Å²) in [5.74, 6) is 1.60. The molecule has 3 heterocycles. The molecule has 0 atom stereocenters. The van der Waals surface area contributed by atoms with Gasteiger partial charge in [0.15, 0.2) is 0 Å². The minimum Gasteiger partial charge on any atom is -0.348 e. The lowest BCUT2D eigenvalue weighted by Gasteiger charge is -2.17. The maximum Gasteiger partial charge on any atom is 0.255 e. The van der Waals surface area contributed by atoms with Gasteiger partial charge >= 0.3 is 0 Å². The van der Waals surface area contributed by atoms with Crippen LogP contribution < -0.4 is 10.5 Å². The smallest absolute Gasteiger partial charge is 0.255 e. The largest absolute Gasteiger partial charge is 0.348 e. The topological polar surface area (TPSA) is 80.9 Å².